The molecule has 1 aromatic carbocycles. The van der Waals surface area contributed by atoms with E-state index in [0.717, 1.165) is 10.2 Å². The van der Waals surface area contributed by atoms with Crippen molar-refractivity contribution in [3.63, 3.8) is 0 Å². The minimum absolute atomic E-state index is 0.0698. The minimum Gasteiger partial charge on any atom is -0.493 e. The standard InChI is InChI=1S/C18H23N5O5/c1-4-21-8-9-22-16(17(21)25)20-23(18(22)26)11-14(24)19-10-12-6-5-7-13(27-2)15(12)28-3/h5-7H,4,8-11H2,1-3H3,(H,19,24). The Morgan fingerprint density at radius 2 is 2.00 bits per heavy atom. The van der Waals surface area contributed by atoms with E-state index in [0.29, 0.717) is 31.1 Å². The number of ether oxygens (including phenoxy) is 2. The van der Waals surface area contributed by atoms with Gasteiger partial charge < -0.3 is 19.7 Å². The Kier molecular flexibility index (Phi) is 5.67. The zero-order valence-electron chi connectivity index (χ0n) is 16.1. The summed E-state index contributed by atoms with van der Waals surface area (Å²) in [4.78, 5) is 38.7. The van der Waals surface area contributed by atoms with Crippen LogP contribution in [0, 0.1) is 0 Å². The van der Waals surface area contributed by atoms with Crippen molar-refractivity contribution in [1.29, 1.82) is 0 Å². The Bertz CT molecular complexity index is 948. The number of hydrogen-bond donors (Lipinski definition) is 1. The second kappa shape index (κ2) is 8.15. The molecule has 28 heavy (non-hydrogen) atoms. The maximum atomic E-state index is 12.4. The van der Waals surface area contributed by atoms with Crippen molar-refractivity contribution < 1.29 is 19.1 Å². The average molecular weight is 389 g/mol. The number of carbonyl (C=O) groups excluding carboxylic acids is 2. The molecule has 0 spiro atoms. The summed E-state index contributed by atoms with van der Waals surface area (Å²) in [6.07, 6.45) is 0. The minimum atomic E-state index is -0.465. The molecule has 2 heterocycles. The van der Waals surface area contributed by atoms with Gasteiger partial charge in [0.2, 0.25) is 11.7 Å². The highest BCUT2D eigenvalue weighted by atomic mass is 16.5. The Labute approximate surface area is 161 Å². The maximum Gasteiger partial charge on any atom is 0.346 e. The van der Waals surface area contributed by atoms with Gasteiger partial charge in [-0.3, -0.25) is 14.2 Å². The summed E-state index contributed by atoms with van der Waals surface area (Å²) >= 11 is 0. The van der Waals surface area contributed by atoms with E-state index in [-0.39, 0.29) is 24.8 Å². The molecule has 0 fully saturated rings. The molecule has 0 unspecified atom stereocenters. The lowest BCUT2D eigenvalue weighted by molar-refractivity contribution is -0.122. The lowest BCUT2D eigenvalue weighted by Gasteiger charge is -2.24. The number of rotatable bonds is 7. The number of methoxy groups -OCH3 is 2. The second-order valence-corrected chi connectivity index (χ2v) is 6.23. The molecule has 1 aliphatic heterocycles. The van der Waals surface area contributed by atoms with Crippen LogP contribution in [0.4, 0.5) is 0 Å². The highest BCUT2D eigenvalue weighted by Crippen LogP contribution is 2.30. The van der Waals surface area contributed by atoms with Crippen LogP contribution in [-0.4, -0.2) is 58.4 Å². The zero-order valence-corrected chi connectivity index (χ0v) is 16.1. The summed E-state index contributed by atoms with van der Waals surface area (Å²) in [5, 5.41) is 6.79. The molecule has 0 radical (unpaired) electrons. The number of nitrogens with one attached hydrogen (secondary N) is 1. The Hall–Kier alpha value is -3.30. The van der Waals surface area contributed by atoms with Gasteiger partial charge in [-0.25, -0.2) is 9.48 Å². The van der Waals surface area contributed by atoms with Crippen LogP contribution in [0.1, 0.15) is 23.1 Å². The highest BCUT2D eigenvalue weighted by molar-refractivity contribution is 5.91. The molecule has 2 aromatic rings. The van der Waals surface area contributed by atoms with Crippen LogP contribution in [0.3, 0.4) is 0 Å². The quantitative estimate of drug-likeness (QED) is 0.706. The molecule has 150 valence electrons. The van der Waals surface area contributed by atoms with E-state index in [9.17, 15) is 14.4 Å². The van der Waals surface area contributed by atoms with E-state index >= 15 is 0 Å². The normalized spacial score (nSPS) is 13.2. The van der Waals surface area contributed by atoms with Gasteiger partial charge in [-0.1, -0.05) is 12.1 Å². The van der Waals surface area contributed by atoms with Crippen molar-refractivity contribution >= 4 is 11.8 Å². The molecule has 10 nitrogen and oxygen atoms in total. The summed E-state index contributed by atoms with van der Waals surface area (Å²) in [5.41, 5.74) is 0.272. The number of benzene rings is 1. The van der Waals surface area contributed by atoms with Gasteiger partial charge in [0.05, 0.1) is 14.2 Å². The Morgan fingerprint density at radius 3 is 2.68 bits per heavy atom. The summed E-state index contributed by atoms with van der Waals surface area (Å²) in [6, 6.07) is 5.36. The number of hydrogen-bond acceptors (Lipinski definition) is 6. The number of para-hydroxylation sites is 1. The monoisotopic (exact) mass is 389 g/mol. The molecule has 0 aliphatic carbocycles. The molecule has 1 aromatic heterocycles. The third-order valence-electron chi connectivity index (χ3n) is 4.63. The average Bonchev–Trinajstić information content (AvgIpc) is 3.02. The molecule has 3 rings (SSSR count). The largest absolute Gasteiger partial charge is 0.493 e. The topological polar surface area (TPSA) is 108 Å². The number of fused-ring (bicyclic) bond motifs is 1. The lowest BCUT2D eigenvalue weighted by Crippen LogP contribution is -2.42. The number of likely N-dealkylation sites (N-methyl/N-ethyl adjacent to an activating group) is 1. The smallest absolute Gasteiger partial charge is 0.346 e. The molecule has 0 atom stereocenters. The maximum absolute atomic E-state index is 12.4. The van der Waals surface area contributed by atoms with E-state index in [2.05, 4.69) is 10.4 Å². The number of carbonyl (C=O) groups is 2. The first-order valence-electron chi connectivity index (χ1n) is 8.93. The second-order valence-electron chi connectivity index (χ2n) is 6.23. The van der Waals surface area contributed by atoms with Crippen LogP contribution < -0.4 is 20.5 Å². The zero-order chi connectivity index (χ0) is 20.3. The first-order chi connectivity index (χ1) is 13.5. The van der Waals surface area contributed by atoms with Gasteiger partial charge in [0.25, 0.3) is 5.91 Å². The van der Waals surface area contributed by atoms with Gasteiger partial charge in [-0.05, 0) is 13.0 Å². The van der Waals surface area contributed by atoms with Crippen LogP contribution in [0.15, 0.2) is 23.0 Å². The molecule has 1 aliphatic rings. The van der Waals surface area contributed by atoms with Crippen LogP contribution in [0.5, 0.6) is 11.5 Å². The molecule has 1 N–H and O–H groups in total. The van der Waals surface area contributed by atoms with Crippen molar-refractivity contribution in [3.8, 4) is 11.5 Å². The number of amides is 2. The fourth-order valence-corrected chi connectivity index (χ4v) is 3.15. The van der Waals surface area contributed by atoms with Crippen LogP contribution in [0.2, 0.25) is 0 Å². The van der Waals surface area contributed by atoms with Gasteiger partial charge in [-0.15, -0.1) is 5.10 Å². The van der Waals surface area contributed by atoms with E-state index in [1.54, 1.807) is 23.1 Å². The van der Waals surface area contributed by atoms with E-state index in [1.165, 1.54) is 18.8 Å². The first-order valence-corrected chi connectivity index (χ1v) is 8.93. The number of nitrogens with zero attached hydrogens (tertiary/aromatic N) is 4. The molecule has 10 heteroatoms. The Balaban J connectivity index is 1.70. The van der Waals surface area contributed by atoms with Crippen molar-refractivity contribution in [3.05, 3.63) is 40.1 Å². The Morgan fingerprint density at radius 1 is 1.21 bits per heavy atom. The summed E-state index contributed by atoms with van der Waals surface area (Å²) in [6.45, 7) is 3.16. The summed E-state index contributed by atoms with van der Waals surface area (Å²) < 4.78 is 12.9. The van der Waals surface area contributed by atoms with Crippen molar-refractivity contribution in [2.75, 3.05) is 27.3 Å². The predicted molar refractivity (Wildman–Crippen MR) is 99.5 cm³/mol. The van der Waals surface area contributed by atoms with Gasteiger partial charge in [0.15, 0.2) is 11.5 Å². The highest BCUT2D eigenvalue weighted by Gasteiger charge is 2.29. The first kappa shape index (κ1) is 19.5. The third-order valence-corrected chi connectivity index (χ3v) is 4.63. The van der Waals surface area contributed by atoms with Gasteiger partial charge >= 0.3 is 5.69 Å². The predicted octanol–water partition coefficient (Wildman–Crippen LogP) is -0.146. The van der Waals surface area contributed by atoms with Crippen molar-refractivity contribution in [2.45, 2.75) is 26.6 Å². The third kappa shape index (κ3) is 3.57. The van der Waals surface area contributed by atoms with Crippen LogP contribution in [-0.2, 0) is 24.4 Å². The van der Waals surface area contributed by atoms with Crippen molar-refractivity contribution in [2.24, 2.45) is 0 Å². The van der Waals surface area contributed by atoms with Crippen LogP contribution in [0.25, 0.3) is 0 Å². The van der Waals surface area contributed by atoms with E-state index in [1.807, 2.05) is 6.92 Å². The molecule has 0 saturated carbocycles. The molecule has 0 bridgehead atoms. The van der Waals surface area contributed by atoms with Gasteiger partial charge in [0, 0.05) is 31.7 Å². The van der Waals surface area contributed by atoms with Gasteiger partial charge in [0.1, 0.15) is 6.54 Å². The molecular weight excluding hydrogens is 366 g/mol. The number of aromatic nitrogens is 3. The fourth-order valence-electron chi connectivity index (χ4n) is 3.15. The molecule has 0 saturated heterocycles. The van der Waals surface area contributed by atoms with Crippen molar-refractivity contribution in [1.82, 2.24) is 24.6 Å². The SMILES string of the molecule is CCN1CCn2c(nn(CC(=O)NCc3cccc(OC)c3OC)c2=O)C1=O. The lowest BCUT2D eigenvalue weighted by atomic mass is 10.2. The van der Waals surface area contributed by atoms with E-state index < -0.39 is 11.6 Å². The van der Waals surface area contributed by atoms with Gasteiger partial charge in [-0.2, -0.15) is 0 Å². The van der Waals surface area contributed by atoms with Crippen LogP contribution >= 0.6 is 0 Å². The molecule has 2 amide bonds. The summed E-state index contributed by atoms with van der Waals surface area (Å²) in [5.74, 6) is 0.463. The molecular formula is C18H23N5O5. The summed E-state index contributed by atoms with van der Waals surface area (Å²) in [7, 11) is 3.06. The van der Waals surface area contributed by atoms with E-state index in [4.69, 9.17) is 9.47 Å². The fraction of sp³-hybridized carbons (Fsp3) is 0.444.